The smallest absolute Gasteiger partial charge is 0.314 e. The van der Waals surface area contributed by atoms with Crippen LogP contribution in [0.3, 0.4) is 0 Å². The molecule has 0 spiro atoms. The minimum atomic E-state index is -0.0467. The van der Waals surface area contributed by atoms with E-state index in [9.17, 15) is 4.79 Å². The monoisotopic (exact) mass is 394 g/mol. The first-order valence-electron chi connectivity index (χ1n) is 11.8. The SMILES string of the molecule is C=CCCC1CCC(/C=C/C2CCC(C(=O)Oc3ccc(CC)cc3)CC2)CC1. The molecule has 2 fully saturated rings. The number of esters is 1. The van der Waals surface area contributed by atoms with Gasteiger partial charge in [-0.05, 0) is 106 Å². The van der Waals surface area contributed by atoms with Gasteiger partial charge in [0.15, 0.2) is 0 Å². The van der Waals surface area contributed by atoms with Crippen LogP contribution in [-0.2, 0) is 11.2 Å². The van der Waals surface area contributed by atoms with Gasteiger partial charge in [0.05, 0.1) is 5.92 Å². The highest BCUT2D eigenvalue weighted by molar-refractivity contribution is 5.75. The second kappa shape index (κ2) is 11.4. The predicted octanol–water partition coefficient (Wildman–Crippen LogP) is 7.29. The van der Waals surface area contributed by atoms with Crippen LogP contribution in [0.15, 0.2) is 49.1 Å². The zero-order valence-corrected chi connectivity index (χ0v) is 18.2. The summed E-state index contributed by atoms with van der Waals surface area (Å²) >= 11 is 0. The lowest BCUT2D eigenvalue weighted by molar-refractivity contribution is -0.140. The second-order valence-electron chi connectivity index (χ2n) is 9.06. The first kappa shape index (κ1) is 21.9. The Bertz CT molecular complexity index is 656. The summed E-state index contributed by atoms with van der Waals surface area (Å²) in [5.41, 5.74) is 1.27. The fourth-order valence-corrected chi connectivity index (χ4v) is 4.88. The standard InChI is InChI=1S/C27H38O2/c1-3-5-6-22-7-9-23(10-8-22)11-12-24-13-17-25(18-14-24)27(28)29-26-19-15-21(4-2)16-20-26/h3,11-12,15-16,19-20,22-25H,1,4-10,13-14,17-18H2,2H3/b12-11+. The molecule has 0 saturated heterocycles. The summed E-state index contributed by atoms with van der Waals surface area (Å²) in [6.07, 6.45) is 20.1. The van der Waals surface area contributed by atoms with E-state index in [0.29, 0.717) is 11.7 Å². The molecule has 0 heterocycles. The van der Waals surface area contributed by atoms with Crippen molar-refractivity contribution in [1.82, 2.24) is 0 Å². The molecule has 1 aromatic carbocycles. The molecule has 29 heavy (non-hydrogen) atoms. The fourth-order valence-electron chi connectivity index (χ4n) is 4.88. The van der Waals surface area contributed by atoms with E-state index >= 15 is 0 Å². The van der Waals surface area contributed by atoms with Crippen molar-refractivity contribution < 1.29 is 9.53 Å². The van der Waals surface area contributed by atoms with Crippen LogP contribution in [0.5, 0.6) is 5.75 Å². The van der Waals surface area contributed by atoms with Crippen molar-refractivity contribution in [3.05, 3.63) is 54.6 Å². The van der Waals surface area contributed by atoms with Crippen molar-refractivity contribution in [3.8, 4) is 5.75 Å². The third-order valence-electron chi connectivity index (χ3n) is 6.98. The van der Waals surface area contributed by atoms with Gasteiger partial charge in [-0.15, -0.1) is 6.58 Å². The summed E-state index contributed by atoms with van der Waals surface area (Å²) in [5.74, 6) is 3.01. The Hall–Kier alpha value is -1.83. The molecule has 1 aromatic rings. The van der Waals surface area contributed by atoms with E-state index in [4.69, 9.17) is 4.74 Å². The lowest BCUT2D eigenvalue weighted by Gasteiger charge is -2.28. The maximum absolute atomic E-state index is 12.5. The first-order chi connectivity index (χ1) is 14.2. The van der Waals surface area contributed by atoms with Crippen LogP contribution in [-0.4, -0.2) is 5.97 Å². The maximum atomic E-state index is 12.5. The average molecular weight is 395 g/mol. The molecule has 0 unspecified atom stereocenters. The Morgan fingerprint density at radius 3 is 2.10 bits per heavy atom. The largest absolute Gasteiger partial charge is 0.426 e. The normalized spacial score (nSPS) is 27.6. The van der Waals surface area contributed by atoms with Gasteiger partial charge in [-0.25, -0.2) is 0 Å². The lowest BCUT2D eigenvalue weighted by atomic mass is 9.78. The highest BCUT2D eigenvalue weighted by Crippen LogP contribution is 2.35. The molecule has 3 rings (SSSR count). The highest BCUT2D eigenvalue weighted by Gasteiger charge is 2.27. The van der Waals surface area contributed by atoms with Gasteiger partial charge >= 0.3 is 5.97 Å². The van der Waals surface area contributed by atoms with Crippen LogP contribution in [0.4, 0.5) is 0 Å². The van der Waals surface area contributed by atoms with E-state index in [-0.39, 0.29) is 11.9 Å². The molecule has 2 heteroatoms. The summed E-state index contributed by atoms with van der Waals surface area (Å²) in [5, 5.41) is 0. The summed E-state index contributed by atoms with van der Waals surface area (Å²) in [7, 11) is 0. The quantitative estimate of drug-likeness (QED) is 0.263. The van der Waals surface area contributed by atoms with Crippen LogP contribution in [0.1, 0.15) is 76.7 Å². The minimum absolute atomic E-state index is 0.0467. The van der Waals surface area contributed by atoms with Gasteiger partial charge in [0.1, 0.15) is 5.75 Å². The number of hydrogen-bond acceptors (Lipinski definition) is 2. The van der Waals surface area contributed by atoms with Gasteiger partial charge in [0.2, 0.25) is 0 Å². The minimum Gasteiger partial charge on any atom is -0.426 e. The fraction of sp³-hybridized carbons (Fsp3) is 0.593. The molecule has 0 aliphatic heterocycles. The molecule has 0 aromatic heterocycles. The molecular formula is C27H38O2. The van der Waals surface area contributed by atoms with Gasteiger partial charge < -0.3 is 4.74 Å². The van der Waals surface area contributed by atoms with E-state index in [1.54, 1.807) is 0 Å². The molecular weight excluding hydrogens is 356 g/mol. The van der Waals surface area contributed by atoms with Crippen molar-refractivity contribution in [1.29, 1.82) is 0 Å². The lowest BCUT2D eigenvalue weighted by Crippen LogP contribution is -2.25. The Kier molecular flexibility index (Phi) is 8.58. The molecule has 0 N–H and O–H groups in total. The van der Waals surface area contributed by atoms with Gasteiger partial charge in [-0.2, -0.15) is 0 Å². The Morgan fingerprint density at radius 2 is 1.55 bits per heavy atom. The van der Waals surface area contributed by atoms with Gasteiger partial charge in [0, 0.05) is 0 Å². The number of rotatable bonds is 8. The van der Waals surface area contributed by atoms with Crippen LogP contribution in [0.25, 0.3) is 0 Å². The number of carbonyl (C=O) groups excluding carboxylic acids is 1. The molecule has 2 saturated carbocycles. The van der Waals surface area contributed by atoms with Crippen molar-refractivity contribution >= 4 is 5.97 Å². The molecule has 2 nitrogen and oxygen atoms in total. The zero-order chi connectivity index (χ0) is 20.5. The predicted molar refractivity (Wildman–Crippen MR) is 121 cm³/mol. The zero-order valence-electron chi connectivity index (χ0n) is 18.2. The van der Waals surface area contributed by atoms with E-state index in [0.717, 1.165) is 43.9 Å². The van der Waals surface area contributed by atoms with E-state index in [2.05, 4.69) is 31.7 Å². The molecule has 0 amide bonds. The van der Waals surface area contributed by atoms with Crippen molar-refractivity contribution in [2.75, 3.05) is 0 Å². The summed E-state index contributed by atoms with van der Waals surface area (Å²) < 4.78 is 5.62. The Balaban J connectivity index is 1.37. The number of carbonyl (C=O) groups is 1. The summed E-state index contributed by atoms with van der Waals surface area (Å²) in [6.45, 7) is 5.97. The number of aryl methyl sites for hydroxylation is 1. The second-order valence-corrected chi connectivity index (χ2v) is 9.06. The van der Waals surface area contributed by atoms with Crippen LogP contribution >= 0.6 is 0 Å². The van der Waals surface area contributed by atoms with E-state index < -0.39 is 0 Å². The third kappa shape index (κ3) is 6.87. The van der Waals surface area contributed by atoms with Crippen LogP contribution in [0.2, 0.25) is 0 Å². The summed E-state index contributed by atoms with van der Waals surface area (Å²) in [4.78, 5) is 12.5. The molecule has 0 radical (unpaired) electrons. The van der Waals surface area contributed by atoms with Crippen molar-refractivity contribution in [3.63, 3.8) is 0 Å². The average Bonchev–Trinajstić information content (AvgIpc) is 2.78. The highest BCUT2D eigenvalue weighted by atomic mass is 16.5. The number of hydrogen-bond donors (Lipinski definition) is 0. The first-order valence-corrected chi connectivity index (χ1v) is 11.8. The summed E-state index contributed by atoms with van der Waals surface area (Å²) in [6, 6.07) is 7.91. The van der Waals surface area contributed by atoms with Crippen molar-refractivity contribution in [2.24, 2.45) is 23.7 Å². The number of allylic oxidation sites excluding steroid dienone is 3. The van der Waals surface area contributed by atoms with Gasteiger partial charge in [0.25, 0.3) is 0 Å². The molecule has 2 aliphatic rings. The molecule has 0 atom stereocenters. The maximum Gasteiger partial charge on any atom is 0.314 e. The van der Waals surface area contributed by atoms with Crippen molar-refractivity contribution in [2.45, 2.75) is 77.6 Å². The van der Waals surface area contributed by atoms with E-state index in [1.807, 2.05) is 24.3 Å². The molecule has 158 valence electrons. The molecule has 2 aliphatic carbocycles. The molecule has 0 bridgehead atoms. The van der Waals surface area contributed by atoms with Crippen LogP contribution in [0, 0.1) is 23.7 Å². The van der Waals surface area contributed by atoms with E-state index in [1.165, 1.54) is 44.1 Å². The number of ether oxygens (including phenoxy) is 1. The van der Waals surface area contributed by atoms with Crippen LogP contribution < -0.4 is 4.74 Å². The van der Waals surface area contributed by atoms with Gasteiger partial charge in [-0.3, -0.25) is 4.79 Å². The third-order valence-corrected chi connectivity index (χ3v) is 6.98. The topological polar surface area (TPSA) is 26.3 Å². The number of benzene rings is 1. The Morgan fingerprint density at radius 1 is 0.966 bits per heavy atom. The van der Waals surface area contributed by atoms with Gasteiger partial charge in [-0.1, -0.05) is 37.3 Å². The Labute approximate surface area is 177 Å².